The standard InChI is InChI=1S/C25H18Cl2FNO4/c1-2-33-18-10-3-14(4-11-18)23(30)21-22(15-5-12-19(26)20(27)13-15)29(25(32)24(21)31)17-8-6-16(28)7-9-17/h3-13,22,30H,2H2,1H3/b23-21-. The third kappa shape index (κ3) is 4.32. The lowest BCUT2D eigenvalue weighted by Gasteiger charge is -2.25. The van der Waals surface area contributed by atoms with E-state index in [1.54, 1.807) is 36.4 Å². The van der Waals surface area contributed by atoms with Crippen LogP contribution in [-0.2, 0) is 9.59 Å². The number of ether oxygens (including phenoxy) is 1. The molecular formula is C25H18Cl2FNO4. The molecule has 1 saturated heterocycles. The fourth-order valence-electron chi connectivity index (χ4n) is 3.73. The van der Waals surface area contributed by atoms with Crippen molar-refractivity contribution in [1.29, 1.82) is 0 Å². The van der Waals surface area contributed by atoms with Gasteiger partial charge in [0.15, 0.2) is 0 Å². The van der Waals surface area contributed by atoms with Crippen molar-refractivity contribution in [2.45, 2.75) is 13.0 Å². The fourth-order valence-corrected chi connectivity index (χ4v) is 4.04. The molecule has 0 saturated carbocycles. The molecule has 1 amide bonds. The normalized spacial score (nSPS) is 17.5. The average Bonchev–Trinajstić information content (AvgIpc) is 3.07. The minimum absolute atomic E-state index is 0.119. The monoisotopic (exact) mass is 485 g/mol. The van der Waals surface area contributed by atoms with Crippen molar-refractivity contribution in [3.05, 3.63) is 99.3 Å². The van der Waals surface area contributed by atoms with Gasteiger partial charge in [0.05, 0.1) is 28.3 Å². The molecule has 3 aromatic carbocycles. The molecule has 1 heterocycles. The summed E-state index contributed by atoms with van der Waals surface area (Å²) < 4.78 is 18.9. The number of carbonyl (C=O) groups is 2. The summed E-state index contributed by atoms with van der Waals surface area (Å²) >= 11 is 12.3. The van der Waals surface area contributed by atoms with E-state index in [4.69, 9.17) is 27.9 Å². The molecule has 168 valence electrons. The molecule has 0 aromatic heterocycles. The molecule has 5 nitrogen and oxygen atoms in total. The minimum atomic E-state index is -1.00. The van der Waals surface area contributed by atoms with Crippen LogP contribution in [0, 0.1) is 5.82 Å². The van der Waals surface area contributed by atoms with Crippen molar-refractivity contribution in [1.82, 2.24) is 0 Å². The van der Waals surface area contributed by atoms with Gasteiger partial charge < -0.3 is 9.84 Å². The number of hydrogen-bond acceptors (Lipinski definition) is 4. The molecule has 1 fully saturated rings. The Hall–Kier alpha value is -3.35. The first-order chi connectivity index (χ1) is 15.8. The molecule has 0 bridgehead atoms. The lowest BCUT2D eigenvalue weighted by Crippen LogP contribution is -2.29. The molecule has 1 aliphatic heterocycles. The Morgan fingerprint density at radius 1 is 1.00 bits per heavy atom. The number of ketones is 1. The highest BCUT2D eigenvalue weighted by Gasteiger charge is 2.47. The van der Waals surface area contributed by atoms with E-state index in [9.17, 15) is 19.1 Å². The van der Waals surface area contributed by atoms with Crippen molar-refractivity contribution >= 4 is 46.3 Å². The lowest BCUT2D eigenvalue weighted by atomic mass is 9.95. The van der Waals surface area contributed by atoms with Gasteiger partial charge in [-0.3, -0.25) is 14.5 Å². The SMILES string of the molecule is CCOc1ccc(/C(O)=C2/C(=O)C(=O)N(c3ccc(F)cc3)C2c2ccc(Cl)c(Cl)c2)cc1. The third-order valence-electron chi connectivity index (χ3n) is 5.25. The van der Waals surface area contributed by atoms with Crippen LogP contribution in [0.3, 0.4) is 0 Å². The van der Waals surface area contributed by atoms with Gasteiger partial charge in [-0.05, 0) is 73.2 Å². The Morgan fingerprint density at radius 2 is 1.67 bits per heavy atom. The number of halogens is 3. The minimum Gasteiger partial charge on any atom is -0.507 e. The van der Waals surface area contributed by atoms with E-state index in [0.29, 0.717) is 34.2 Å². The maximum absolute atomic E-state index is 13.5. The highest BCUT2D eigenvalue weighted by atomic mass is 35.5. The number of rotatable bonds is 5. The first-order valence-corrected chi connectivity index (χ1v) is 10.8. The van der Waals surface area contributed by atoms with Gasteiger partial charge in [-0.1, -0.05) is 29.3 Å². The molecule has 1 atom stereocenters. The second-order valence-corrected chi connectivity index (χ2v) is 8.09. The summed E-state index contributed by atoms with van der Waals surface area (Å²) in [6, 6.07) is 15.3. The number of carbonyl (C=O) groups excluding carboxylic acids is 2. The van der Waals surface area contributed by atoms with Gasteiger partial charge in [-0.15, -0.1) is 0 Å². The van der Waals surface area contributed by atoms with E-state index in [2.05, 4.69) is 0 Å². The van der Waals surface area contributed by atoms with Crippen LogP contribution in [0.2, 0.25) is 10.0 Å². The van der Waals surface area contributed by atoms with Crippen LogP contribution in [0.25, 0.3) is 5.76 Å². The maximum atomic E-state index is 13.5. The topological polar surface area (TPSA) is 66.8 Å². The Morgan fingerprint density at radius 3 is 2.27 bits per heavy atom. The first kappa shape index (κ1) is 22.8. The summed E-state index contributed by atoms with van der Waals surface area (Å²) in [5.41, 5.74) is 0.966. The summed E-state index contributed by atoms with van der Waals surface area (Å²) in [5.74, 6) is -1.97. The van der Waals surface area contributed by atoms with Gasteiger partial charge in [-0.25, -0.2) is 4.39 Å². The van der Waals surface area contributed by atoms with Gasteiger partial charge in [0.2, 0.25) is 0 Å². The van der Waals surface area contributed by atoms with Gasteiger partial charge in [-0.2, -0.15) is 0 Å². The van der Waals surface area contributed by atoms with Crippen LogP contribution in [0.1, 0.15) is 24.1 Å². The molecule has 4 rings (SSSR count). The second-order valence-electron chi connectivity index (χ2n) is 7.28. The van der Waals surface area contributed by atoms with Crippen LogP contribution in [0.4, 0.5) is 10.1 Å². The molecular weight excluding hydrogens is 468 g/mol. The molecule has 1 aliphatic rings. The molecule has 3 aromatic rings. The van der Waals surface area contributed by atoms with Crippen molar-refractivity contribution in [2.24, 2.45) is 0 Å². The number of anilines is 1. The predicted molar refractivity (Wildman–Crippen MR) is 125 cm³/mol. The highest BCUT2D eigenvalue weighted by Crippen LogP contribution is 2.43. The number of hydrogen-bond donors (Lipinski definition) is 1. The Balaban J connectivity index is 1.90. The van der Waals surface area contributed by atoms with E-state index in [0.717, 1.165) is 0 Å². The van der Waals surface area contributed by atoms with Crippen molar-refractivity contribution in [3.63, 3.8) is 0 Å². The van der Waals surface area contributed by atoms with Crippen molar-refractivity contribution < 1.29 is 23.8 Å². The van der Waals surface area contributed by atoms with E-state index >= 15 is 0 Å². The predicted octanol–water partition coefficient (Wildman–Crippen LogP) is 6.16. The van der Waals surface area contributed by atoms with Crippen molar-refractivity contribution in [2.75, 3.05) is 11.5 Å². The fraction of sp³-hybridized carbons (Fsp3) is 0.120. The van der Waals surface area contributed by atoms with Crippen LogP contribution in [0.15, 0.2) is 72.3 Å². The van der Waals surface area contributed by atoms with Crippen LogP contribution in [0.5, 0.6) is 5.75 Å². The summed E-state index contributed by atoms with van der Waals surface area (Å²) in [6.45, 7) is 2.33. The summed E-state index contributed by atoms with van der Waals surface area (Å²) in [6.07, 6.45) is 0. The first-order valence-electron chi connectivity index (χ1n) is 10.1. The largest absolute Gasteiger partial charge is 0.507 e. The number of aliphatic hydroxyl groups is 1. The van der Waals surface area contributed by atoms with E-state index in [-0.39, 0.29) is 16.4 Å². The average molecular weight is 486 g/mol. The molecule has 0 aliphatic carbocycles. The zero-order valence-corrected chi connectivity index (χ0v) is 18.9. The van der Waals surface area contributed by atoms with Crippen LogP contribution >= 0.6 is 23.2 Å². The van der Waals surface area contributed by atoms with Gasteiger partial charge >= 0.3 is 0 Å². The van der Waals surface area contributed by atoms with E-state index in [1.165, 1.54) is 35.2 Å². The molecule has 0 radical (unpaired) electrons. The third-order valence-corrected chi connectivity index (χ3v) is 5.99. The van der Waals surface area contributed by atoms with Crippen LogP contribution < -0.4 is 9.64 Å². The molecule has 33 heavy (non-hydrogen) atoms. The van der Waals surface area contributed by atoms with Crippen LogP contribution in [-0.4, -0.2) is 23.4 Å². The van der Waals surface area contributed by atoms with Crippen molar-refractivity contribution in [3.8, 4) is 5.75 Å². The van der Waals surface area contributed by atoms with Gasteiger partial charge in [0, 0.05) is 11.3 Å². The number of nitrogens with zero attached hydrogens (tertiary/aromatic N) is 1. The Labute approximate surface area is 199 Å². The highest BCUT2D eigenvalue weighted by molar-refractivity contribution is 6.51. The smallest absolute Gasteiger partial charge is 0.300 e. The van der Waals surface area contributed by atoms with E-state index < -0.39 is 23.5 Å². The summed E-state index contributed by atoms with van der Waals surface area (Å²) in [7, 11) is 0. The zero-order chi connectivity index (χ0) is 23.7. The number of benzene rings is 3. The molecule has 0 spiro atoms. The molecule has 1 unspecified atom stereocenters. The maximum Gasteiger partial charge on any atom is 0.300 e. The Kier molecular flexibility index (Phi) is 6.40. The Bertz CT molecular complexity index is 1260. The molecule has 8 heteroatoms. The van der Waals surface area contributed by atoms with Gasteiger partial charge in [0.25, 0.3) is 11.7 Å². The quantitative estimate of drug-likeness (QED) is 0.267. The number of aliphatic hydroxyl groups excluding tert-OH is 1. The summed E-state index contributed by atoms with van der Waals surface area (Å²) in [4.78, 5) is 27.4. The number of Topliss-reactive ketones (excluding diaryl/α,β-unsaturated/α-hetero) is 1. The lowest BCUT2D eigenvalue weighted by molar-refractivity contribution is -0.132. The summed E-state index contributed by atoms with van der Waals surface area (Å²) in [5, 5.41) is 11.6. The number of amides is 1. The zero-order valence-electron chi connectivity index (χ0n) is 17.4. The second kappa shape index (κ2) is 9.25. The molecule has 1 N–H and O–H groups in total. The van der Waals surface area contributed by atoms with E-state index in [1.807, 2.05) is 6.92 Å². The van der Waals surface area contributed by atoms with Gasteiger partial charge in [0.1, 0.15) is 17.3 Å².